The molecule has 6 heteroatoms. The van der Waals surface area contributed by atoms with Gasteiger partial charge in [-0.25, -0.2) is 8.78 Å². The van der Waals surface area contributed by atoms with Gasteiger partial charge in [0.2, 0.25) is 0 Å². The van der Waals surface area contributed by atoms with Gasteiger partial charge in [-0.3, -0.25) is 0 Å². The van der Waals surface area contributed by atoms with E-state index in [1.54, 1.807) is 0 Å². The van der Waals surface area contributed by atoms with Crippen molar-refractivity contribution in [2.75, 3.05) is 13.2 Å². The second-order valence-corrected chi connectivity index (χ2v) is 6.24. The van der Waals surface area contributed by atoms with Gasteiger partial charge in [0.25, 0.3) is 0 Å². The quantitative estimate of drug-likeness (QED) is 0.770. The number of allylic oxidation sites excluding steroid dienone is 2. The molecule has 4 nitrogen and oxygen atoms in total. The maximum atomic E-state index is 12.3. The summed E-state index contributed by atoms with van der Waals surface area (Å²) in [4.78, 5) is 0. The molecule has 0 N–H and O–H groups in total. The van der Waals surface area contributed by atoms with Gasteiger partial charge in [0.1, 0.15) is 12.2 Å². The Morgan fingerprint density at radius 2 is 1.14 bits per heavy atom. The highest BCUT2D eigenvalue weighted by molar-refractivity contribution is 4.96. The third-order valence-corrected chi connectivity index (χ3v) is 2.89. The molecule has 0 radical (unpaired) electrons. The smallest absolute Gasteiger partial charge is 0.163 e. The van der Waals surface area contributed by atoms with Crippen molar-refractivity contribution in [3.63, 3.8) is 0 Å². The zero-order valence-electron chi connectivity index (χ0n) is 14.1. The molecule has 0 aliphatic carbocycles. The minimum Gasteiger partial charge on any atom is -0.347 e. The van der Waals surface area contributed by atoms with Crippen molar-refractivity contribution >= 4 is 0 Å². The number of hydrogen-bond acceptors (Lipinski definition) is 4. The van der Waals surface area contributed by atoms with E-state index in [0.29, 0.717) is 13.2 Å². The van der Waals surface area contributed by atoms with E-state index in [4.69, 9.17) is 18.9 Å². The van der Waals surface area contributed by atoms with Gasteiger partial charge in [-0.05, 0) is 53.7 Å². The largest absolute Gasteiger partial charge is 0.347 e. The summed E-state index contributed by atoms with van der Waals surface area (Å²) in [5, 5.41) is 0. The van der Waals surface area contributed by atoms with Crippen molar-refractivity contribution in [3.05, 3.63) is 23.8 Å². The molecule has 0 bridgehead atoms. The third-order valence-electron chi connectivity index (χ3n) is 2.89. The number of ether oxygens (including phenoxy) is 4. The number of rotatable bonds is 2. The average Bonchev–Trinajstić information content (AvgIpc) is 2.80. The molecule has 22 heavy (non-hydrogen) atoms. The lowest BCUT2D eigenvalue weighted by molar-refractivity contribution is -0.133. The van der Waals surface area contributed by atoms with E-state index in [1.807, 2.05) is 27.7 Å². The maximum absolute atomic E-state index is 12.3. The van der Waals surface area contributed by atoms with Gasteiger partial charge < -0.3 is 18.9 Å². The van der Waals surface area contributed by atoms with Crippen molar-refractivity contribution < 1.29 is 27.7 Å². The van der Waals surface area contributed by atoms with E-state index >= 15 is 0 Å². The highest BCUT2D eigenvalue weighted by Crippen LogP contribution is 2.24. The molecule has 0 saturated carbocycles. The molecule has 0 amide bonds. The van der Waals surface area contributed by atoms with Crippen molar-refractivity contribution in [3.8, 4) is 0 Å². The fourth-order valence-electron chi connectivity index (χ4n) is 2.11. The topological polar surface area (TPSA) is 36.9 Å². The lowest BCUT2D eigenvalue weighted by Gasteiger charge is -2.15. The van der Waals surface area contributed by atoms with Crippen LogP contribution in [0.2, 0.25) is 0 Å². The second-order valence-electron chi connectivity index (χ2n) is 6.24. The monoisotopic (exact) mass is 320 g/mol. The maximum Gasteiger partial charge on any atom is 0.163 e. The molecule has 2 aliphatic heterocycles. The highest BCUT2D eigenvalue weighted by Gasteiger charge is 2.32. The summed E-state index contributed by atoms with van der Waals surface area (Å²) in [5.74, 6) is -1.57. The first-order valence-corrected chi connectivity index (χ1v) is 7.30. The van der Waals surface area contributed by atoms with Crippen LogP contribution in [0.1, 0.15) is 41.5 Å². The molecule has 2 heterocycles. The molecule has 128 valence electrons. The van der Waals surface area contributed by atoms with Crippen LogP contribution in [0.15, 0.2) is 23.8 Å². The van der Waals surface area contributed by atoms with Crippen LogP contribution >= 0.6 is 0 Å². The van der Waals surface area contributed by atoms with Gasteiger partial charge in [-0.15, -0.1) is 0 Å². The van der Waals surface area contributed by atoms with Crippen LogP contribution in [0.4, 0.5) is 8.78 Å². The predicted octanol–water partition coefficient (Wildman–Crippen LogP) is 4.02. The van der Waals surface area contributed by atoms with Gasteiger partial charge in [-0.1, -0.05) is 0 Å². The van der Waals surface area contributed by atoms with E-state index in [-0.39, 0.29) is 23.9 Å². The zero-order valence-corrected chi connectivity index (χ0v) is 14.1. The van der Waals surface area contributed by atoms with E-state index in [0.717, 1.165) is 0 Å². The van der Waals surface area contributed by atoms with Crippen LogP contribution in [0, 0.1) is 0 Å². The van der Waals surface area contributed by atoms with Crippen LogP contribution in [0.3, 0.4) is 0 Å². The van der Waals surface area contributed by atoms with Gasteiger partial charge in [0.05, 0.1) is 24.9 Å². The van der Waals surface area contributed by atoms with E-state index in [1.165, 1.54) is 26.0 Å². The molecule has 0 aromatic rings. The fourth-order valence-corrected chi connectivity index (χ4v) is 2.11. The molecule has 0 aromatic heterocycles. The van der Waals surface area contributed by atoms with Crippen LogP contribution < -0.4 is 0 Å². The van der Waals surface area contributed by atoms with Gasteiger partial charge in [-0.2, -0.15) is 0 Å². The van der Waals surface area contributed by atoms with E-state index in [2.05, 4.69) is 0 Å². The van der Waals surface area contributed by atoms with Crippen LogP contribution in [-0.4, -0.2) is 37.0 Å². The van der Waals surface area contributed by atoms with Crippen molar-refractivity contribution in [2.24, 2.45) is 0 Å². The lowest BCUT2D eigenvalue weighted by atomic mass is 10.3. The second kappa shape index (κ2) is 7.64. The minimum atomic E-state index is -0.559. The summed E-state index contributed by atoms with van der Waals surface area (Å²) < 4.78 is 45.7. The first-order valence-electron chi connectivity index (χ1n) is 7.30. The number of hydrogen-bond donors (Lipinski definition) is 0. The van der Waals surface area contributed by atoms with Crippen molar-refractivity contribution in [1.29, 1.82) is 0 Å². The predicted molar refractivity (Wildman–Crippen MR) is 79.5 cm³/mol. The molecule has 0 aromatic carbocycles. The molecule has 2 unspecified atom stereocenters. The molecule has 2 saturated heterocycles. The van der Waals surface area contributed by atoms with Crippen LogP contribution in [-0.2, 0) is 18.9 Å². The highest BCUT2D eigenvalue weighted by atomic mass is 19.1. The fraction of sp³-hybridized carbons (Fsp3) is 0.750. The minimum absolute atomic E-state index is 0.226. The molecule has 2 rings (SSSR count). The Balaban J connectivity index is 0.000000220. The Bertz CT molecular complexity index is 382. The summed E-state index contributed by atoms with van der Waals surface area (Å²) in [6.07, 6.45) is 2.40. The molecular formula is C16H26F2O4. The Kier molecular flexibility index (Phi) is 6.67. The summed E-state index contributed by atoms with van der Waals surface area (Å²) in [6, 6.07) is 0. The first kappa shape index (κ1) is 19.2. The molecule has 2 atom stereocenters. The van der Waals surface area contributed by atoms with E-state index in [9.17, 15) is 8.78 Å². The standard InChI is InChI=1S/2C8H13FO2/c2*1-6(9)4-7-5-10-8(2,3)11-7/h2*4,7H,5H2,1-3H3/b6-4+;6-4-. The molecule has 2 aliphatic rings. The van der Waals surface area contributed by atoms with E-state index < -0.39 is 11.6 Å². The SMILES string of the molecule is C/C(F)=C/C1COC(C)(C)O1.C/C(F)=C\C1COC(C)(C)O1. The van der Waals surface area contributed by atoms with Gasteiger partial charge in [0, 0.05) is 0 Å². The zero-order chi connectivity index (χ0) is 17.0. The summed E-state index contributed by atoms with van der Waals surface area (Å²) in [5.41, 5.74) is 0. The van der Waals surface area contributed by atoms with Gasteiger partial charge in [0.15, 0.2) is 11.6 Å². The summed E-state index contributed by atoms with van der Waals surface area (Å²) >= 11 is 0. The summed E-state index contributed by atoms with van der Waals surface area (Å²) in [6.45, 7) is 10.9. The van der Waals surface area contributed by atoms with Crippen LogP contribution in [0.25, 0.3) is 0 Å². The Labute approximate surface area is 131 Å². The Morgan fingerprint density at radius 1 is 0.818 bits per heavy atom. The Morgan fingerprint density at radius 3 is 1.32 bits per heavy atom. The normalized spacial score (nSPS) is 30.9. The molecular weight excluding hydrogens is 294 g/mol. The van der Waals surface area contributed by atoms with Crippen molar-refractivity contribution in [2.45, 2.75) is 65.3 Å². The summed E-state index contributed by atoms with van der Waals surface area (Å²) in [7, 11) is 0. The molecule has 2 fully saturated rings. The Hall–Kier alpha value is -0.820. The third kappa shape index (κ3) is 7.45. The first-order chi connectivity index (χ1) is 9.99. The lowest BCUT2D eigenvalue weighted by Crippen LogP contribution is -2.20. The van der Waals surface area contributed by atoms with Gasteiger partial charge >= 0.3 is 0 Å². The van der Waals surface area contributed by atoms with Crippen LogP contribution in [0.5, 0.6) is 0 Å². The molecule has 0 spiro atoms. The average molecular weight is 320 g/mol. The van der Waals surface area contributed by atoms with Crippen molar-refractivity contribution in [1.82, 2.24) is 0 Å². The number of halogens is 2.